The Morgan fingerprint density at radius 3 is 2.63 bits per heavy atom. The summed E-state index contributed by atoms with van der Waals surface area (Å²) in [7, 11) is 0. The van der Waals surface area contributed by atoms with Gasteiger partial charge in [-0.05, 0) is 40.3 Å². The van der Waals surface area contributed by atoms with Gasteiger partial charge in [-0.2, -0.15) is 0 Å². The minimum absolute atomic E-state index is 0.112. The summed E-state index contributed by atoms with van der Waals surface area (Å²) in [4.78, 5) is 22.3. The highest BCUT2D eigenvalue weighted by molar-refractivity contribution is 9.10. The Morgan fingerprint density at radius 2 is 2.11 bits per heavy atom. The van der Waals surface area contributed by atoms with E-state index in [1.54, 1.807) is 6.07 Å². The van der Waals surface area contributed by atoms with E-state index in [0.717, 1.165) is 6.42 Å². The lowest BCUT2D eigenvalue weighted by Gasteiger charge is -2.23. The molecule has 0 bridgehead atoms. The van der Waals surface area contributed by atoms with E-state index in [2.05, 4.69) is 21.2 Å². The molecule has 1 aromatic heterocycles. The molecule has 0 aliphatic heterocycles. The molecule has 6 heteroatoms. The van der Waals surface area contributed by atoms with Gasteiger partial charge in [-0.1, -0.05) is 13.8 Å². The van der Waals surface area contributed by atoms with Gasteiger partial charge in [0.1, 0.15) is 0 Å². The Morgan fingerprint density at radius 1 is 1.42 bits per heavy atom. The normalized spacial score (nSPS) is 11.3. The maximum absolute atomic E-state index is 11.8. The SMILES string of the molecule is CC(C)(CCNC(=O)c1ccoc1Br)CCC(=O)O. The molecule has 1 aromatic rings. The number of rotatable bonds is 7. The molecule has 5 nitrogen and oxygen atoms in total. The van der Waals surface area contributed by atoms with Gasteiger partial charge in [0.2, 0.25) is 0 Å². The molecule has 0 saturated carbocycles. The van der Waals surface area contributed by atoms with Crippen molar-refractivity contribution in [1.82, 2.24) is 5.32 Å². The van der Waals surface area contributed by atoms with Crippen LogP contribution in [0.2, 0.25) is 0 Å². The first-order valence-corrected chi connectivity index (χ1v) is 6.84. The summed E-state index contributed by atoms with van der Waals surface area (Å²) in [6, 6.07) is 1.59. The third-order valence-corrected chi connectivity index (χ3v) is 3.58. The van der Waals surface area contributed by atoms with Crippen LogP contribution in [0.4, 0.5) is 0 Å². The quantitative estimate of drug-likeness (QED) is 0.804. The first kappa shape index (κ1) is 15.8. The topological polar surface area (TPSA) is 79.5 Å². The van der Waals surface area contributed by atoms with Crippen molar-refractivity contribution in [3.05, 3.63) is 22.6 Å². The van der Waals surface area contributed by atoms with E-state index in [-0.39, 0.29) is 17.7 Å². The number of carbonyl (C=O) groups excluding carboxylic acids is 1. The summed E-state index contributed by atoms with van der Waals surface area (Å²) in [5, 5.41) is 11.5. The molecule has 1 rings (SSSR count). The number of aliphatic carboxylic acids is 1. The van der Waals surface area contributed by atoms with Crippen LogP contribution >= 0.6 is 15.9 Å². The lowest BCUT2D eigenvalue weighted by Crippen LogP contribution is -2.28. The second-order valence-electron chi connectivity index (χ2n) is 5.17. The van der Waals surface area contributed by atoms with E-state index in [9.17, 15) is 9.59 Å². The van der Waals surface area contributed by atoms with E-state index < -0.39 is 5.97 Å². The molecular formula is C13H18BrNO4. The smallest absolute Gasteiger partial charge is 0.303 e. The Kier molecular flexibility index (Phi) is 5.60. The van der Waals surface area contributed by atoms with Crippen LogP contribution in [0.25, 0.3) is 0 Å². The van der Waals surface area contributed by atoms with Gasteiger partial charge in [0.05, 0.1) is 11.8 Å². The van der Waals surface area contributed by atoms with Crippen molar-refractivity contribution in [2.24, 2.45) is 5.41 Å². The van der Waals surface area contributed by atoms with Crippen molar-refractivity contribution >= 4 is 27.8 Å². The third kappa shape index (κ3) is 5.46. The molecule has 0 spiro atoms. The zero-order valence-electron chi connectivity index (χ0n) is 11.0. The highest BCUT2D eigenvalue weighted by atomic mass is 79.9. The van der Waals surface area contributed by atoms with E-state index in [1.165, 1.54) is 6.26 Å². The minimum atomic E-state index is -0.792. The zero-order chi connectivity index (χ0) is 14.5. The molecule has 0 fully saturated rings. The number of carboxylic acid groups (broad SMARTS) is 1. The number of nitrogens with one attached hydrogen (secondary N) is 1. The molecule has 0 saturated heterocycles. The molecule has 0 aliphatic carbocycles. The second kappa shape index (κ2) is 6.75. The van der Waals surface area contributed by atoms with Crippen LogP contribution in [0.5, 0.6) is 0 Å². The van der Waals surface area contributed by atoms with Crippen LogP contribution in [0, 0.1) is 5.41 Å². The highest BCUT2D eigenvalue weighted by Crippen LogP contribution is 2.26. The Hall–Kier alpha value is -1.30. The molecular weight excluding hydrogens is 314 g/mol. The second-order valence-corrected chi connectivity index (χ2v) is 5.89. The summed E-state index contributed by atoms with van der Waals surface area (Å²) in [6.45, 7) is 4.49. The van der Waals surface area contributed by atoms with Crippen molar-refractivity contribution in [3.8, 4) is 0 Å². The summed E-state index contributed by atoms with van der Waals surface area (Å²) in [5.41, 5.74) is 0.350. The molecule has 0 radical (unpaired) electrons. The van der Waals surface area contributed by atoms with E-state index >= 15 is 0 Å². The zero-order valence-corrected chi connectivity index (χ0v) is 12.6. The molecule has 0 unspecified atom stereocenters. The fourth-order valence-electron chi connectivity index (χ4n) is 1.64. The van der Waals surface area contributed by atoms with Gasteiger partial charge in [0.15, 0.2) is 4.67 Å². The van der Waals surface area contributed by atoms with Gasteiger partial charge in [-0.25, -0.2) is 0 Å². The highest BCUT2D eigenvalue weighted by Gasteiger charge is 2.20. The summed E-state index contributed by atoms with van der Waals surface area (Å²) in [6.07, 6.45) is 2.90. The summed E-state index contributed by atoms with van der Waals surface area (Å²) >= 11 is 3.15. The lowest BCUT2D eigenvalue weighted by molar-refractivity contribution is -0.137. The van der Waals surface area contributed by atoms with Gasteiger partial charge in [-0.3, -0.25) is 9.59 Å². The lowest BCUT2D eigenvalue weighted by atomic mass is 9.84. The monoisotopic (exact) mass is 331 g/mol. The summed E-state index contributed by atoms with van der Waals surface area (Å²) in [5.74, 6) is -0.992. The molecule has 0 aliphatic rings. The van der Waals surface area contributed by atoms with Crippen molar-refractivity contribution in [2.75, 3.05) is 6.54 Å². The number of hydrogen-bond acceptors (Lipinski definition) is 3. The number of hydrogen-bond donors (Lipinski definition) is 2. The first-order valence-electron chi connectivity index (χ1n) is 6.05. The van der Waals surface area contributed by atoms with Crippen LogP contribution < -0.4 is 5.32 Å². The molecule has 19 heavy (non-hydrogen) atoms. The molecule has 1 amide bonds. The molecule has 0 aromatic carbocycles. The number of carbonyl (C=O) groups is 2. The van der Waals surface area contributed by atoms with E-state index in [1.807, 2.05) is 13.8 Å². The summed E-state index contributed by atoms with van der Waals surface area (Å²) < 4.78 is 5.40. The van der Waals surface area contributed by atoms with E-state index in [4.69, 9.17) is 9.52 Å². The van der Waals surface area contributed by atoms with Crippen molar-refractivity contribution in [1.29, 1.82) is 0 Å². The maximum atomic E-state index is 11.8. The van der Waals surface area contributed by atoms with Crippen LogP contribution in [-0.4, -0.2) is 23.5 Å². The van der Waals surface area contributed by atoms with Crippen LogP contribution in [0.15, 0.2) is 21.4 Å². The van der Waals surface area contributed by atoms with Crippen LogP contribution in [0.3, 0.4) is 0 Å². The first-order chi connectivity index (χ1) is 8.82. The number of carboxylic acids is 1. The number of halogens is 1. The van der Waals surface area contributed by atoms with Crippen LogP contribution in [-0.2, 0) is 4.79 Å². The average molecular weight is 332 g/mol. The fraction of sp³-hybridized carbons (Fsp3) is 0.538. The molecule has 1 heterocycles. The average Bonchev–Trinajstić information content (AvgIpc) is 2.73. The third-order valence-electron chi connectivity index (χ3n) is 2.97. The predicted molar refractivity (Wildman–Crippen MR) is 74.0 cm³/mol. The maximum Gasteiger partial charge on any atom is 0.303 e. The van der Waals surface area contributed by atoms with Gasteiger partial charge < -0.3 is 14.8 Å². The number of amides is 1. The van der Waals surface area contributed by atoms with Gasteiger partial charge in [0, 0.05) is 13.0 Å². The number of furan rings is 1. The Balaban J connectivity index is 2.35. The van der Waals surface area contributed by atoms with Gasteiger partial charge >= 0.3 is 5.97 Å². The molecule has 0 atom stereocenters. The van der Waals surface area contributed by atoms with Crippen LogP contribution in [0.1, 0.15) is 43.5 Å². The fourth-order valence-corrected chi connectivity index (χ4v) is 2.06. The molecule has 2 N–H and O–H groups in total. The largest absolute Gasteiger partial charge is 0.481 e. The Bertz CT molecular complexity index is 453. The van der Waals surface area contributed by atoms with Gasteiger partial charge in [-0.15, -0.1) is 0 Å². The predicted octanol–water partition coefficient (Wildman–Crippen LogP) is 3.05. The van der Waals surface area contributed by atoms with Crippen molar-refractivity contribution in [2.45, 2.75) is 33.1 Å². The van der Waals surface area contributed by atoms with Gasteiger partial charge in [0.25, 0.3) is 5.91 Å². The minimum Gasteiger partial charge on any atom is -0.481 e. The molecule has 106 valence electrons. The van der Waals surface area contributed by atoms with E-state index in [0.29, 0.717) is 23.2 Å². The standard InChI is InChI=1S/C13H18BrNO4/c1-13(2,5-3-10(16)17)6-7-15-12(18)9-4-8-19-11(9)14/h4,8H,3,5-7H2,1-2H3,(H,15,18)(H,16,17). The Labute approximate surface area is 120 Å². The van der Waals surface area contributed by atoms with Crippen molar-refractivity contribution < 1.29 is 19.1 Å². The van der Waals surface area contributed by atoms with Crippen molar-refractivity contribution in [3.63, 3.8) is 0 Å².